The molecule has 0 N–H and O–H groups in total. The zero-order valence-corrected chi connectivity index (χ0v) is 16.7. The van der Waals surface area contributed by atoms with Crippen LogP contribution in [0.2, 0.25) is 0 Å². The Labute approximate surface area is 156 Å². The molecule has 0 saturated heterocycles. The van der Waals surface area contributed by atoms with Gasteiger partial charge in [0, 0.05) is 10.6 Å². The van der Waals surface area contributed by atoms with E-state index in [-0.39, 0.29) is 0 Å². The molecule has 0 aromatic carbocycles. The third kappa shape index (κ3) is 3.93. The summed E-state index contributed by atoms with van der Waals surface area (Å²) in [5.74, 6) is 2.12. The molecule has 0 radical (unpaired) electrons. The summed E-state index contributed by atoms with van der Waals surface area (Å²) in [6, 6.07) is 0. The fourth-order valence-corrected chi connectivity index (χ4v) is 8.78. The third-order valence-electron chi connectivity index (χ3n) is 3.89. The fraction of sp³-hybridized carbons (Fsp3) is 0.353. The Morgan fingerprint density at radius 1 is 1.04 bits per heavy atom. The molecule has 0 saturated carbocycles. The molecule has 0 unspecified atom stereocenters. The highest BCUT2D eigenvalue weighted by molar-refractivity contribution is 9.09. The number of hydrogen-bond donors (Lipinski definition) is 0. The second-order valence-electron chi connectivity index (χ2n) is 5.49. The largest absolute Gasteiger partial charge is 0.245 e. The normalized spacial score (nSPS) is 15.7. The first kappa shape index (κ1) is 16.3. The number of thiazole rings is 1. The molecule has 0 atom stereocenters. The van der Waals surface area contributed by atoms with Gasteiger partial charge in [0.15, 0.2) is 0 Å². The molecule has 2 aliphatic rings. The minimum absolute atomic E-state index is 1.02. The molecule has 1 nitrogen and oxygen atoms in total. The lowest BCUT2D eigenvalue weighted by Gasteiger charge is -2.06. The van der Waals surface area contributed by atoms with E-state index in [1.54, 1.807) is 4.88 Å². The summed E-state index contributed by atoms with van der Waals surface area (Å²) in [6.07, 6.45) is 13.8. The minimum Gasteiger partial charge on any atom is -0.245 e. The molecule has 0 amide bonds. The summed E-state index contributed by atoms with van der Waals surface area (Å²) in [5.41, 5.74) is 4.31. The van der Waals surface area contributed by atoms with E-state index in [2.05, 4.69) is 29.7 Å². The zero-order valence-electron chi connectivity index (χ0n) is 12.6. The molecule has 0 bridgehead atoms. The average molecular weight is 396 g/mol. The number of allylic oxidation sites excluding steroid dienone is 2. The second-order valence-corrected chi connectivity index (χ2v) is 11.8. The van der Waals surface area contributed by atoms with Crippen LogP contribution in [0.15, 0.2) is 17.5 Å². The number of aryl methyl sites for hydroxylation is 2. The van der Waals surface area contributed by atoms with Crippen LogP contribution >= 0.6 is 54.1 Å². The Bertz CT molecular complexity index is 740. The average Bonchev–Trinajstić information content (AvgIpc) is 3.18. The summed E-state index contributed by atoms with van der Waals surface area (Å²) in [5, 5.41) is 3.62. The van der Waals surface area contributed by atoms with Crippen LogP contribution in [-0.4, -0.2) is 4.98 Å². The van der Waals surface area contributed by atoms with Gasteiger partial charge < -0.3 is 0 Å². The number of fused-ring (bicyclic) bond motifs is 2. The third-order valence-corrected chi connectivity index (χ3v) is 10.3. The number of thiophene rings is 1. The highest BCUT2D eigenvalue weighted by atomic mass is 33.5. The van der Waals surface area contributed by atoms with Crippen molar-refractivity contribution in [2.45, 2.75) is 37.2 Å². The highest BCUT2D eigenvalue weighted by Crippen LogP contribution is 2.42. The van der Waals surface area contributed by atoms with Gasteiger partial charge in [-0.1, -0.05) is 39.8 Å². The van der Waals surface area contributed by atoms with Crippen LogP contribution in [0.3, 0.4) is 0 Å². The van der Waals surface area contributed by atoms with Gasteiger partial charge in [-0.05, 0) is 58.1 Å². The van der Waals surface area contributed by atoms with Crippen LogP contribution in [0, 0.1) is 0 Å². The lowest BCUT2D eigenvalue weighted by atomic mass is 10.0. The summed E-state index contributed by atoms with van der Waals surface area (Å²) in [7, 11) is 5.78. The molecular weight excluding hydrogens is 379 g/mol. The van der Waals surface area contributed by atoms with Crippen molar-refractivity contribution in [1.29, 1.82) is 0 Å². The quantitative estimate of drug-likeness (QED) is 0.391. The van der Waals surface area contributed by atoms with Crippen LogP contribution in [0.25, 0.3) is 12.2 Å². The summed E-state index contributed by atoms with van der Waals surface area (Å²) in [6.45, 7) is 0. The van der Waals surface area contributed by atoms with Crippen molar-refractivity contribution in [1.82, 2.24) is 4.98 Å². The molecule has 0 fully saturated rings. The second kappa shape index (κ2) is 7.83. The van der Waals surface area contributed by atoms with E-state index in [0.29, 0.717) is 0 Å². The topological polar surface area (TPSA) is 12.9 Å². The van der Waals surface area contributed by atoms with Crippen molar-refractivity contribution in [3.63, 3.8) is 0 Å². The summed E-state index contributed by atoms with van der Waals surface area (Å²) in [4.78, 5) is 7.72. The lowest BCUT2D eigenvalue weighted by molar-refractivity contribution is 0.937. The molecule has 120 valence electrons. The van der Waals surface area contributed by atoms with Gasteiger partial charge in [-0.25, -0.2) is 4.98 Å². The van der Waals surface area contributed by atoms with Crippen LogP contribution in [-0.2, 0) is 24.3 Å². The first-order valence-electron chi connectivity index (χ1n) is 7.72. The van der Waals surface area contributed by atoms with Crippen LogP contribution in [0.4, 0.5) is 0 Å². The molecule has 23 heavy (non-hydrogen) atoms. The molecular formula is C17H17NS5. The Kier molecular flexibility index (Phi) is 5.56. The van der Waals surface area contributed by atoms with Gasteiger partial charge in [0.1, 0.15) is 5.01 Å². The van der Waals surface area contributed by atoms with E-state index < -0.39 is 0 Å². The van der Waals surface area contributed by atoms with Crippen LogP contribution in [0.5, 0.6) is 0 Å². The maximum Gasteiger partial charge on any atom is 0.104 e. The lowest BCUT2D eigenvalue weighted by Crippen LogP contribution is -1.90. The Morgan fingerprint density at radius 2 is 1.91 bits per heavy atom. The van der Waals surface area contributed by atoms with Gasteiger partial charge in [0.05, 0.1) is 16.3 Å². The molecule has 2 heterocycles. The van der Waals surface area contributed by atoms with Gasteiger partial charge >= 0.3 is 0 Å². The van der Waals surface area contributed by atoms with E-state index >= 15 is 0 Å². The maximum absolute atomic E-state index is 4.77. The van der Waals surface area contributed by atoms with E-state index in [9.17, 15) is 0 Å². The first-order valence-corrected chi connectivity index (χ1v) is 13.2. The predicted octanol–water partition coefficient (Wildman–Crippen LogP) is 6.85. The van der Waals surface area contributed by atoms with Crippen molar-refractivity contribution in [2.75, 3.05) is 0 Å². The molecule has 0 spiro atoms. The van der Waals surface area contributed by atoms with Crippen molar-refractivity contribution in [3.05, 3.63) is 49.1 Å². The van der Waals surface area contributed by atoms with Crippen molar-refractivity contribution < 1.29 is 0 Å². The van der Waals surface area contributed by atoms with Crippen molar-refractivity contribution >= 4 is 66.2 Å². The van der Waals surface area contributed by atoms with Crippen molar-refractivity contribution in [2.24, 2.45) is 0 Å². The Balaban J connectivity index is 1.24. The molecule has 2 aromatic rings. The predicted molar refractivity (Wildman–Crippen MR) is 111 cm³/mol. The van der Waals surface area contributed by atoms with E-state index in [1.807, 2.05) is 54.1 Å². The SMILES string of the molecule is C1=Cc2sc(CSSSCc3csc4c3C=CCC4)nc2CC1. The smallest absolute Gasteiger partial charge is 0.104 e. The van der Waals surface area contributed by atoms with E-state index in [4.69, 9.17) is 4.98 Å². The van der Waals surface area contributed by atoms with E-state index in [0.717, 1.165) is 24.3 Å². The number of nitrogens with zero attached hydrogens (tertiary/aromatic N) is 1. The van der Waals surface area contributed by atoms with Gasteiger partial charge in [0.2, 0.25) is 0 Å². The van der Waals surface area contributed by atoms with Crippen LogP contribution in [0.1, 0.15) is 44.4 Å². The van der Waals surface area contributed by atoms with Crippen molar-refractivity contribution in [3.8, 4) is 0 Å². The number of aromatic nitrogens is 1. The first-order chi connectivity index (χ1) is 11.4. The van der Waals surface area contributed by atoms with Gasteiger partial charge in [-0.3, -0.25) is 0 Å². The summed E-state index contributed by atoms with van der Waals surface area (Å²) < 4.78 is 0. The fourth-order valence-electron chi connectivity index (χ4n) is 2.76. The van der Waals surface area contributed by atoms with Gasteiger partial charge in [0.25, 0.3) is 0 Å². The maximum atomic E-state index is 4.77. The van der Waals surface area contributed by atoms with Crippen LogP contribution < -0.4 is 0 Å². The molecule has 4 rings (SSSR count). The monoisotopic (exact) mass is 395 g/mol. The molecule has 2 aromatic heterocycles. The highest BCUT2D eigenvalue weighted by Gasteiger charge is 2.13. The van der Waals surface area contributed by atoms with Gasteiger partial charge in [-0.2, -0.15) is 0 Å². The van der Waals surface area contributed by atoms with E-state index in [1.165, 1.54) is 39.5 Å². The molecule has 2 aliphatic carbocycles. The number of hydrogen-bond acceptors (Lipinski definition) is 6. The molecule has 6 heteroatoms. The molecule has 0 aliphatic heterocycles. The minimum atomic E-state index is 1.02. The Morgan fingerprint density at radius 3 is 2.87 bits per heavy atom. The zero-order chi connectivity index (χ0) is 15.5. The summed E-state index contributed by atoms with van der Waals surface area (Å²) >= 11 is 3.79. The number of rotatable bonds is 6. The Hall–Kier alpha value is -0.140. The van der Waals surface area contributed by atoms with Gasteiger partial charge in [-0.15, -0.1) is 22.7 Å². The standard InChI is InChI=1S/C17H17NS5/c1-3-7-15-13(5-1)12(9-19-15)10-20-23-21-11-17-18-14-6-2-4-8-16(14)22-17/h1,4-5,8-9H,2-3,6-7,10-11H2.